The molecule has 2 rings (SSSR count). The van der Waals surface area contributed by atoms with Gasteiger partial charge in [-0.1, -0.05) is 32.1 Å². The van der Waals surface area contributed by atoms with Crippen molar-refractivity contribution < 1.29 is 14.6 Å². The van der Waals surface area contributed by atoms with Crippen molar-refractivity contribution in [2.75, 3.05) is 19.8 Å². The van der Waals surface area contributed by atoms with Crippen LogP contribution in [0.15, 0.2) is 0 Å². The summed E-state index contributed by atoms with van der Waals surface area (Å²) in [4.78, 5) is 13.0. The number of carboxylic acids is 1. The lowest BCUT2D eigenvalue weighted by atomic mass is 9.79. The van der Waals surface area contributed by atoms with Gasteiger partial charge in [0.1, 0.15) is 0 Å². The number of hydrogen-bond acceptors (Lipinski definition) is 4. The highest BCUT2D eigenvalue weighted by Crippen LogP contribution is 2.38. The third-order valence-corrected chi connectivity index (χ3v) is 5.35. The van der Waals surface area contributed by atoms with Crippen LogP contribution in [0.5, 0.6) is 0 Å². The molecule has 2 fully saturated rings. The minimum Gasteiger partial charge on any atom is -0.481 e. The summed E-state index contributed by atoms with van der Waals surface area (Å²) in [5, 5.41) is 8.90. The molecule has 0 amide bonds. The predicted octanol–water partition coefficient (Wildman–Crippen LogP) is 3.02. The van der Waals surface area contributed by atoms with Crippen molar-refractivity contribution in [1.82, 2.24) is 4.90 Å². The van der Waals surface area contributed by atoms with Crippen LogP contribution in [0.4, 0.5) is 0 Å². The molecular weight excluding hydrogens is 286 g/mol. The van der Waals surface area contributed by atoms with Crippen LogP contribution < -0.4 is 0 Å². The minimum absolute atomic E-state index is 0.0925. The van der Waals surface area contributed by atoms with Gasteiger partial charge >= 0.3 is 5.97 Å². The zero-order valence-corrected chi connectivity index (χ0v) is 13.9. The molecule has 1 aliphatic carbocycles. The molecule has 3 atom stereocenters. The van der Waals surface area contributed by atoms with Crippen LogP contribution in [0.2, 0.25) is 0 Å². The molecule has 0 spiro atoms. The molecule has 4 nitrogen and oxygen atoms in total. The maximum atomic E-state index is 10.5. The Balaban J connectivity index is 1.81. The number of nitrogens with zero attached hydrogens (tertiary/aromatic N) is 1. The Labute approximate surface area is 133 Å². The number of thiol groups is 1. The molecule has 0 bridgehead atoms. The van der Waals surface area contributed by atoms with Crippen LogP contribution in [-0.4, -0.2) is 47.1 Å². The van der Waals surface area contributed by atoms with E-state index in [9.17, 15) is 4.79 Å². The Morgan fingerprint density at radius 3 is 2.67 bits per heavy atom. The molecule has 1 saturated heterocycles. The molecule has 1 unspecified atom stereocenters. The number of aliphatic carboxylic acids is 1. The summed E-state index contributed by atoms with van der Waals surface area (Å²) in [6.45, 7) is 4.20. The van der Waals surface area contributed by atoms with Crippen LogP contribution in [0, 0.1) is 11.8 Å². The first kappa shape index (κ1) is 17.1. The highest BCUT2D eigenvalue weighted by Gasteiger charge is 2.37. The zero-order valence-electron chi connectivity index (χ0n) is 13.0. The van der Waals surface area contributed by atoms with Gasteiger partial charge in [-0.25, -0.2) is 0 Å². The quantitative estimate of drug-likeness (QED) is 0.560. The van der Waals surface area contributed by atoms with E-state index in [1.165, 1.54) is 38.5 Å². The molecule has 1 saturated carbocycles. The number of carbonyl (C=O) groups is 1. The Bertz CT molecular complexity index is 331. The Hall–Kier alpha value is -0.260. The molecule has 21 heavy (non-hydrogen) atoms. The smallest absolute Gasteiger partial charge is 0.305 e. The molecule has 0 aromatic rings. The monoisotopic (exact) mass is 315 g/mol. The molecular formula is C16H29NO3S. The van der Waals surface area contributed by atoms with Crippen LogP contribution in [0.3, 0.4) is 0 Å². The second kappa shape index (κ2) is 8.39. The summed E-state index contributed by atoms with van der Waals surface area (Å²) in [5.74, 6) is 0.853. The van der Waals surface area contributed by atoms with Crippen molar-refractivity contribution in [1.29, 1.82) is 0 Å². The van der Waals surface area contributed by atoms with Crippen LogP contribution in [0.1, 0.15) is 51.9 Å². The summed E-state index contributed by atoms with van der Waals surface area (Å²) in [6, 6.07) is 0.401. The summed E-state index contributed by atoms with van der Waals surface area (Å²) in [5.41, 5.74) is 0. The normalized spacial score (nSPS) is 29.6. The summed E-state index contributed by atoms with van der Waals surface area (Å²) < 4.78 is 5.59. The second-order valence-electron chi connectivity index (χ2n) is 6.60. The fraction of sp³-hybridized carbons (Fsp3) is 0.938. The van der Waals surface area contributed by atoms with E-state index in [4.69, 9.17) is 9.84 Å². The van der Waals surface area contributed by atoms with Crippen molar-refractivity contribution in [3.63, 3.8) is 0 Å². The molecule has 0 radical (unpaired) electrons. The number of hydrogen-bond donors (Lipinski definition) is 2. The maximum absolute atomic E-state index is 10.5. The SMILES string of the molecule is CC(S)N1C[C@H](C2CCCCC2)C[C@H]1COCCC(=O)O. The molecule has 0 aromatic carbocycles. The van der Waals surface area contributed by atoms with Crippen molar-refractivity contribution in [3.8, 4) is 0 Å². The average Bonchev–Trinajstić information content (AvgIpc) is 2.89. The molecule has 1 aliphatic heterocycles. The van der Waals surface area contributed by atoms with Gasteiger partial charge in [-0.2, -0.15) is 12.6 Å². The van der Waals surface area contributed by atoms with Crippen molar-refractivity contribution in [3.05, 3.63) is 0 Å². The van der Waals surface area contributed by atoms with Gasteiger partial charge in [-0.3, -0.25) is 9.69 Å². The largest absolute Gasteiger partial charge is 0.481 e. The summed E-state index contributed by atoms with van der Waals surface area (Å²) in [6.07, 6.45) is 8.21. The van der Waals surface area contributed by atoms with E-state index in [1.807, 2.05) is 0 Å². The van der Waals surface area contributed by atoms with E-state index < -0.39 is 5.97 Å². The van der Waals surface area contributed by atoms with Crippen LogP contribution >= 0.6 is 12.6 Å². The van der Waals surface area contributed by atoms with Gasteiger partial charge in [-0.15, -0.1) is 0 Å². The summed E-state index contributed by atoms with van der Waals surface area (Å²) in [7, 11) is 0. The van der Waals surface area contributed by atoms with Crippen molar-refractivity contribution in [2.45, 2.75) is 63.3 Å². The van der Waals surface area contributed by atoms with Gasteiger partial charge in [0.05, 0.1) is 25.0 Å². The maximum Gasteiger partial charge on any atom is 0.305 e. The standard InChI is InChI=1S/C16H29NO3S/c1-12(21)17-10-14(13-5-3-2-4-6-13)9-15(17)11-20-8-7-16(18)19/h12-15,21H,2-11H2,1H3,(H,18,19)/t12?,14-,15+/m1/s1. The fourth-order valence-electron chi connectivity index (χ4n) is 3.93. The number of rotatable bonds is 7. The topological polar surface area (TPSA) is 49.8 Å². The lowest BCUT2D eigenvalue weighted by Crippen LogP contribution is -2.37. The van der Waals surface area contributed by atoms with Crippen LogP contribution in [0.25, 0.3) is 0 Å². The average molecular weight is 315 g/mol. The van der Waals surface area contributed by atoms with E-state index in [1.54, 1.807) is 0 Å². The molecule has 2 aliphatic rings. The second-order valence-corrected chi connectivity index (χ2v) is 7.34. The van der Waals surface area contributed by atoms with Crippen LogP contribution in [-0.2, 0) is 9.53 Å². The van der Waals surface area contributed by atoms with E-state index in [-0.39, 0.29) is 11.8 Å². The van der Waals surface area contributed by atoms with Gasteiger partial charge in [0.2, 0.25) is 0 Å². The molecule has 5 heteroatoms. The number of likely N-dealkylation sites (tertiary alicyclic amines) is 1. The third-order valence-electron chi connectivity index (χ3n) is 5.06. The van der Waals surface area contributed by atoms with Gasteiger partial charge in [-0.05, 0) is 25.2 Å². The molecule has 0 aromatic heterocycles. The Morgan fingerprint density at radius 1 is 1.33 bits per heavy atom. The molecule has 1 N–H and O–H groups in total. The number of ether oxygens (including phenoxy) is 1. The molecule has 1 heterocycles. The third kappa shape index (κ3) is 5.15. The first-order chi connectivity index (χ1) is 10.1. The van der Waals surface area contributed by atoms with Gasteiger partial charge < -0.3 is 9.84 Å². The first-order valence-corrected chi connectivity index (χ1v) is 8.83. The van der Waals surface area contributed by atoms with Crippen molar-refractivity contribution >= 4 is 18.6 Å². The van der Waals surface area contributed by atoms with E-state index in [0.717, 1.165) is 18.4 Å². The zero-order chi connectivity index (χ0) is 15.2. The van der Waals surface area contributed by atoms with E-state index in [0.29, 0.717) is 19.3 Å². The lowest BCUT2D eigenvalue weighted by molar-refractivity contribution is -0.138. The lowest BCUT2D eigenvalue weighted by Gasteiger charge is -2.28. The highest BCUT2D eigenvalue weighted by molar-refractivity contribution is 7.80. The fourth-order valence-corrected chi connectivity index (χ4v) is 4.21. The molecule has 122 valence electrons. The highest BCUT2D eigenvalue weighted by atomic mass is 32.1. The number of carboxylic acid groups (broad SMARTS) is 1. The first-order valence-electron chi connectivity index (χ1n) is 8.31. The van der Waals surface area contributed by atoms with E-state index >= 15 is 0 Å². The van der Waals surface area contributed by atoms with Gasteiger partial charge in [0, 0.05) is 12.6 Å². The van der Waals surface area contributed by atoms with Gasteiger partial charge in [0.25, 0.3) is 0 Å². The van der Waals surface area contributed by atoms with Crippen molar-refractivity contribution in [2.24, 2.45) is 11.8 Å². The minimum atomic E-state index is -0.791. The predicted molar refractivity (Wildman–Crippen MR) is 86.7 cm³/mol. The Kier molecular flexibility index (Phi) is 6.83. The van der Waals surface area contributed by atoms with Gasteiger partial charge in [0.15, 0.2) is 0 Å². The summed E-state index contributed by atoms with van der Waals surface area (Å²) >= 11 is 4.61. The Morgan fingerprint density at radius 2 is 2.05 bits per heavy atom. The van der Waals surface area contributed by atoms with E-state index in [2.05, 4.69) is 24.5 Å².